The summed E-state index contributed by atoms with van der Waals surface area (Å²) in [4.78, 5) is 10.2. The van der Waals surface area contributed by atoms with Crippen molar-refractivity contribution in [1.82, 2.24) is 15.0 Å². The van der Waals surface area contributed by atoms with E-state index in [4.69, 9.17) is 5.73 Å². The molecule has 0 saturated heterocycles. The molecule has 0 fully saturated rings. The predicted molar refractivity (Wildman–Crippen MR) is 56.4 cm³/mol. The molecule has 0 atom stereocenters. The maximum absolute atomic E-state index is 12.4. The predicted octanol–water partition coefficient (Wildman–Crippen LogP) is 2.56. The molecular weight excluding hydrogens is 253 g/mol. The summed E-state index contributed by atoms with van der Waals surface area (Å²) >= 11 is 1.02. The second-order valence-electron chi connectivity index (χ2n) is 3.10. The fourth-order valence-corrected chi connectivity index (χ4v) is 1.89. The number of alkyl halides is 3. The topological polar surface area (TPSA) is 67.6 Å². The molecule has 0 aliphatic carbocycles. The highest BCUT2D eigenvalue weighted by Gasteiger charge is 2.33. The monoisotopic (exact) mass is 260 g/mol. The molecule has 3 N–H and O–H groups in total. The number of imidazole rings is 1. The first-order valence-electron chi connectivity index (χ1n) is 4.47. The van der Waals surface area contributed by atoms with Crippen molar-refractivity contribution in [1.29, 1.82) is 0 Å². The van der Waals surface area contributed by atoms with Gasteiger partial charge in [-0.1, -0.05) is 0 Å². The molecule has 0 aliphatic heterocycles. The molecule has 0 unspecified atom stereocenters. The van der Waals surface area contributed by atoms with Gasteiger partial charge in [-0.3, -0.25) is 0 Å². The molecule has 0 amide bonds. The number of nitrogen functional groups attached to an aromatic ring is 1. The number of pyridine rings is 1. The molecule has 0 saturated carbocycles. The third-order valence-corrected chi connectivity index (χ3v) is 2.86. The van der Waals surface area contributed by atoms with Crippen LogP contribution in [0.4, 0.5) is 18.9 Å². The first-order chi connectivity index (χ1) is 7.97. The minimum atomic E-state index is -4.48. The van der Waals surface area contributed by atoms with Gasteiger partial charge in [0.2, 0.25) is 0 Å². The van der Waals surface area contributed by atoms with Crippen molar-refractivity contribution in [3.8, 4) is 0 Å². The maximum Gasteiger partial charge on any atom is 0.433 e. The van der Waals surface area contributed by atoms with Crippen LogP contribution < -0.4 is 5.73 Å². The van der Waals surface area contributed by atoms with E-state index in [1.165, 1.54) is 6.20 Å². The molecule has 2 aromatic rings. The molecule has 0 aliphatic rings. The number of nitrogens with two attached hydrogens (primary N) is 1. The van der Waals surface area contributed by atoms with Gasteiger partial charge in [0.1, 0.15) is 5.69 Å². The van der Waals surface area contributed by atoms with Crippen LogP contribution in [0.5, 0.6) is 0 Å². The van der Waals surface area contributed by atoms with Crippen LogP contribution in [0.15, 0.2) is 34.7 Å². The van der Waals surface area contributed by atoms with E-state index in [9.17, 15) is 13.2 Å². The van der Waals surface area contributed by atoms with Gasteiger partial charge in [-0.15, -0.1) is 0 Å². The third kappa shape index (κ3) is 2.70. The van der Waals surface area contributed by atoms with Gasteiger partial charge in [0, 0.05) is 17.3 Å². The number of halogens is 3. The second-order valence-corrected chi connectivity index (χ2v) is 4.13. The largest absolute Gasteiger partial charge is 0.433 e. The quantitative estimate of drug-likeness (QED) is 0.870. The summed E-state index contributed by atoms with van der Waals surface area (Å²) in [6.45, 7) is 0. The standard InChI is InChI=1S/C9H7F3N4S/c10-9(11,12)7-3-6(5(13)4-16-7)17-8-14-1-2-15-8/h1-4H,13H2,(H,14,15). The first kappa shape index (κ1) is 11.8. The minimum absolute atomic E-state index is 0.180. The highest BCUT2D eigenvalue weighted by Crippen LogP contribution is 2.34. The Morgan fingerprint density at radius 2 is 2.06 bits per heavy atom. The Morgan fingerprint density at radius 3 is 2.65 bits per heavy atom. The Balaban J connectivity index is 2.33. The van der Waals surface area contributed by atoms with Gasteiger partial charge < -0.3 is 10.7 Å². The zero-order valence-corrected chi connectivity index (χ0v) is 9.14. The van der Waals surface area contributed by atoms with Crippen molar-refractivity contribution in [3.63, 3.8) is 0 Å². The van der Waals surface area contributed by atoms with Crippen LogP contribution in [0, 0.1) is 0 Å². The molecule has 8 heteroatoms. The summed E-state index contributed by atoms with van der Waals surface area (Å²) in [6.07, 6.45) is -0.408. The van der Waals surface area contributed by atoms with Crippen LogP contribution in [-0.4, -0.2) is 15.0 Å². The van der Waals surface area contributed by atoms with E-state index >= 15 is 0 Å². The van der Waals surface area contributed by atoms with Gasteiger partial charge in [-0.2, -0.15) is 13.2 Å². The number of rotatable bonds is 2. The second kappa shape index (κ2) is 4.28. The van der Waals surface area contributed by atoms with Crippen LogP contribution in [0.25, 0.3) is 0 Å². The lowest BCUT2D eigenvalue weighted by Gasteiger charge is -2.08. The highest BCUT2D eigenvalue weighted by atomic mass is 32.2. The minimum Gasteiger partial charge on any atom is -0.397 e. The SMILES string of the molecule is Nc1cnc(C(F)(F)F)cc1Sc1ncc[nH]1. The van der Waals surface area contributed by atoms with E-state index in [1.54, 1.807) is 6.20 Å². The number of nitrogens with zero attached hydrogens (tertiary/aromatic N) is 2. The molecule has 2 rings (SSSR count). The lowest BCUT2D eigenvalue weighted by Crippen LogP contribution is -2.08. The molecule has 0 radical (unpaired) electrons. The summed E-state index contributed by atoms with van der Waals surface area (Å²) in [5.74, 6) is 0. The van der Waals surface area contributed by atoms with Crippen molar-refractivity contribution < 1.29 is 13.2 Å². The zero-order chi connectivity index (χ0) is 12.5. The molecule has 4 nitrogen and oxygen atoms in total. The first-order valence-corrected chi connectivity index (χ1v) is 5.28. The third-order valence-electron chi connectivity index (χ3n) is 1.87. The Labute approximate surface area is 98.5 Å². The number of nitrogens with one attached hydrogen (secondary N) is 1. The number of aromatic nitrogens is 3. The average molecular weight is 260 g/mol. The normalized spacial score (nSPS) is 11.7. The summed E-state index contributed by atoms with van der Waals surface area (Å²) < 4.78 is 37.3. The number of anilines is 1. The lowest BCUT2D eigenvalue weighted by atomic mass is 10.3. The fourth-order valence-electron chi connectivity index (χ4n) is 1.10. The molecule has 0 aromatic carbocycles. The average Bonchev–Trinajstić information content (AvgIpc) is 2.72. The van der Waals surface area contributed by atoms with E-state index in [1.807, 2.05) is 0 Å². The van der Waals surface area contributed by atoms with E-state index in [-0.39, 0.29) is 10.6 Å². The van der Waals surface area contributed by atoms with E-state index in [0.29, 0.717) is 5.16 Å². The highest BCUT2D eigenvalue weighted by molar-refractivity contribution is 7.99. The summed E-state index contributed by atoms with van der Waals surface area (Å²) in [5.41, 5.74) is 4.77. The van der Waals surface area contributed by atoms with Crippen LogP contribution in [-0.2, 0) is 6.18 Å². The van der Waals surface area contributed by atoms with E-state index in [0.717, 1.165) is 24.0 Å². The van der Waals surface area contributed by atoms with Crippen LogP contribution in [0.1, 0.15) is 5.69 Å². The van der Waals surface area contributed by atoms with Crippen molar-refractivity contribution in [2.45, 2.75) is 16.2 Å². The Bertz CT molecular complexity index is 509. The fraction of sp³-hybridized carbons (Fsp3) is 0.111. The Kier molecular flexibility index (Phi) is 2.97. The molecular formula is C9H7F3N4S. The zero-order valence-electron chi connectivity index (χ0n) is 8.32. The molecule has 0 spiro atoms. The van der Waals surface area contributed by atoms with Crippen molar-refractivity contribution in [2.75, 3.05) is 5.73 Å². The number of H-pyrrole nitrogens is 1. The summed E-state index contributed by atoms with van der Waals surface area (Å²) in [5, 5.41) is 0.469. The van der Waals surface area contributed by atoms with Gasteiger partial charge >= 0.3 is 6.18 Å². The number of hydrogen-bond donors (Lipinski definition) is 2. The van der Waals surface area contributed by atoms with Crippen molar-refractivity contribution in [3.05, 3.63) is 30.4 Å². The summed E-state index contributed by atoms with van der Waals surface area (Å²) in [6, 6.07) is 0.905. The van der Waals surface area contributed by atoms with Gasteiger partial charge in [-0.05, 0) is 17.8 Å². The molecule has 0 bridgehead atoms. The van der Waals surface area contributed by atoms with Crippen molar-refractivity contribution >= 4 is 17.4 Å². The molecule has 90 valence electrons. The maximum atomic E-state index is 12.4. The van der Waals surface area contributed by atoms with Crippen LogP contribution in [0.2, 0.25) is 0 Å². The van der Waals surface area contributed by atoms with Gasteiger partial charge in [0.15, 0.2) is 5.16 Å². The van der Waals surface area contributed by atoms with Crippen LogP contribution >= 0.6 is 11.8 Å². The Morgan fingerprint density at radius 1 is 1.29 bits per heavy atom. The lowest BCUT2D eigenvalue weighted by molar-refractivity contribution is -0.141. The van der Waals surface area contributed by atoms with Crippen LogP contribution in [0.3, 0.4) is 0 Å². The molecule has 17 heavy (non-hydrogen) atoms. The van der Waals surface area contributed by atoms with E-state index < -0.39 is 11.9 Å². The van der Waals surface area contributed by atoms with Gasteiger partial charge in [-0.25, -0.2) is 9.97 Å². The Hall–Kier alpha value is -1.70. The molecule has 2 heterocycles. The van der Waals surface area contributed by atoms with Gasteiger partial charge in [0.05, 0.1) is 11.9 Å². The van der Waals surface area contributed by atoms with Gasteiger partial charge in [0.25, 0.3) is 0 Å². The summed E-state index contributed by atoms with van der Waals surface area (Å²) in [7, 11) is 0. The smallest absolute Gasteiger partial charge is 0.397 e. The van der Waals surface area contributed by atoms with Crippen molar-refractivity contribution in [2.24, 2.45) is 0 Å². The molecule has 2 aromatic heterocycles. The number of aromatic amines is 1. The number of hydrogen-bond acceptors (Lipinski definition) is 4. The van der Waals surface area contributed by atoms with E-state index in [2.05, 4.69) is 15.0 Å².